The molecule has 0 aromatic carbocycles. The van der Waals surface area contributed by atoms with Gasteiger partial charge in [0.25, 0.3) is 0 Å². The molecule has 4 heteroatoms. The maximum atomic E-state index is 4.75. The molecule has 0 amide bonds. The molecule has 2 heterocycles. The van der Waals surface area contributed by atoms with Gasteiger partial charge in [0.05, 0.1) is 0 Å². The van der Waals surface area contributed by atoms with Crippen molar-refractivity contribution in [2.24, 2.45) is 0 Å². The predicted molar refractivity (Wildman–Crippen MR) is 73.9 cm³/mol. The molecule has 1 saturated heterocycles. The van der Waals surface area contributed by atoms with Crippen molar-refractivity contribution < 1.29 is 0 Å². The van der Waals surface area contributed by atoms with Gasteiger partial charge >= 0.3 is 0 Å². The Hall–Kier alpha value is -1.00. The number of likely N-dealkylation sites (tertiary alicyclic amines) is 1. The van der Waals surface area contributed by atoms with E-state index in [-0.39, 0.29) is 0 Å². The fourth-order valence-corrected chi connectivity index (χ4v) is 2.62. The Kier molecular flexibility index (Phi) is 4.66. The van der Waals surface area contributed by atoms with Gasteiger partial charge in [0.2, 0.25) is 0 Å². The number of nitrogens with one attached hydrogen (secondary N) is 1. The van der Waals surface area contributed by atoms with E-state index in [0.29, 0.717) is 5.92 Å². The highest BCUT2D eigenvalue weighted by molar-refractivity contribution is 5.15. The van der Waals surface area contributed by atoms with Gasteiger partial charge in [-0.2, -0.15) is 0 Å². The lowest BCUT2D eigenvalue weighted by atomic mass is 9.94. The van der Waals surface area contributed by atoms with Crippen LogP contribution in [0.15, 0.2) is 6.07 Å². The number of hydrogen-bond acceptors (Lipinski definition) is 4. The summed E-state index contributed by atoms with van der Waals surface area (Å²) in [6.07, 6.45) is 3.44. The number of aromatic nitrogens is 2. The number of aryl methyl sites for hydroxylation is 1. The number of rotatable bonds is 4. The van der Waals surface area contributed by atoms with Crippen LogP contribution in [0.3, 0.4) is 0 Å². The summed E-state index contributed by atoms with van der Waals surface area (Å²) in [7, 11) is 4.16. The van der Waals surface area contributed by atoms with Gasteiger partial charge in [0.15, 0.2) is 0 Å². The molecule has 1 unspecified atom stereocenters. The van der Waals surface area contributed by atoms with E-state index in [1.54, 1.807) is 0 Å². The van der Waals surface area contributed by atoms with Gasteiger partial charge in [-0.15, -0.1) is 0 Å². The predicted octanol–water partition coefficient (Wildman–Crippen LogP) is 1.36. The molecule has 1 aromatic heterocycles. The molecular weight excluding hydrogens is 224 g/mol. The quantitative estimate of drug-likeness (QED) is 0.873. The first kappa shape index (κ1) is 13.4. The molecule has 100 valence electrons. The average Bonchev–Trinajstić information content (AvgIpc) is 2.36. The van der Waals surface area contributed by atoms with E-state index in [1.165, 1.54) is 25.1 Å². The number of piperidine rings is 1. The van der Waals surface area contributed by atoms with Crippen molar-refractivity contribution in [1.29, 1.82) is 0 Å². The van der Waals surface area contributed by atoms with Gasteiger partial charge in [-0.05, 0) is 46.5 Å². The highest BCUT2D eigenvalue weighted by Crippen LogP contribution is 2.25. The molecule has 0 aliphatic carbocycles. The minimum Gasteiger partial charge on any atom is -0.319 e. The Balaban J connectivity index is 2.13. The topological polar surface area (TPSA) is 41.1 Å². The SMILES string of the molecule is CNCCc1nc(C)cc(C2CCCN(C)C2)n1. The highest BCUT2D eigenvalue weighted by Gasteiger charge is 2.20. The van der Waals surface area contributed by atoms with Crippen LogP contribution in [-0.2, 0) is 6.42 Å². The van der Waals surface area contributed by atoms with Crippen LogP contribution in [0.1, 0.15) is 36.0 Å². The Morgan fingerprint density at radius 2 is 2.28 bits per heavy atom. The van der Waals surface area contributed by atoms with Crippen LogP contribution in [0.2, 0.25) is 0 Å². The van der Waals surface area contributed by atoms with Crippen molar-refractivity contribution in [3.8, 4) is 0 Å². The van der Waals surface area contributed by atoms with E-state index in [4.69, 9.17) is 4.98 Å². The highest BCUT2D eigenvalue weighted by atomic mass is 15.1. The molecule has 0 spiro atoms. The lowest BCUT2D eigenvalue weighted by Crippen LogP contribution is -2.31. The lowest BCUT2D eigenvalue weighted by Gasteiger charge is -2.29. The maximum absolute atomic E-state index is 4.75. The second-order valence-electron chi connectivity index (χ2n) is 5.31. The van der Waals surface area contributed by atoms with E-state index in [9.17, 15) is 0 Å². The van der Waals surface area contributed by atoms with Crippen molar-refractivity contribution in [2.45, 2.75) is 32.1 Å². The van der Waals surface area contributed by atoms with Gasteiger partial charge in [-0.25, -0.2) is 9.97 Å². The molecule has 1 aliphatic rings. The smallest absolute Gasteiger partial charge is 0.130 e. The van der Waals surface area contributed by atoms with Crippen molar-refractivity contribution in [1.82, 2.24) is 20.2 Å². The zero-order valence-electron chi connectivity index (χ0n) is 11.7. The molecule has 0 bridgehead atoms. The summed E-state index contributed by atoms with van der Waals surface area (Å²) in [5, 5.41) is 3.15. The van der Waals surface area contributed by atoms with Crippen LogP contribution in [0.4, 0.5) is 0 Å². The normalized spacial score (nSPS) is 21.2. The summed E-state index contributed by atoms with van der Waals surface area (Å²) < 4.78 is 0. The monoisotopic (exact) mass is 248 g/mol. The zero-order chi connectivity index (χ0) is 13.0. The van der Waals surface area contributed by atoms with Crippen LogP contribution in [0.25, 0.3) is 0 Å². The van der Waals surface area contributed by atoms with E-state index in [0.717, 1.165) is 31.0 Å². The summed E-state index contributed by atoms with van der Waals surface area (Å²) in [6, 6.07) is 2.16. The molecule has 0 radical (unpaired) electrons. The van der Waals surface area contributed by atoms with Crippen molar-refractivity contribution in [3.63, 3.8) is 0 Å². The zero-order valence-corrected chi connectivity index (χ0v) is 11.7. The van der Waals surface area contributed by atoms with E-state index in [2.05, 4.69) is 35.2 Å². The van der Waals surface area contributed by atoms with Gasteiger partial charge in [0, 0.05) is 36.8 Å². The van der Waals surface area contributed by atoms with Crippen LogP contribution >= 0.6 is 0 Å². The minimum atomic E-state index is 0.582. The largest absolute Gasteiger partial charge is 0.319 e. The Morgan fingerprint density at radius 3 is 3.00 bits per heavy atom. The van der Waals surface area contributed by atoms with Gasteiger partial charge < -0.3 is 10.2 Å². The van der Waals surface area contributed by atoms with Crippen LogP contribution in [-0.4, -0.2) is 48.6 Å². The third-order valence-corrected chi connectivity index (χ3v) is 3.56. The van der Waals surface area contributed by atoms with Crippen molar-refractivity contribution >= 4 is 0 Å². The summed E-state index contributed by atoms with van der Waals surface area (Å²) >= 11 is 0. The van der Waals surface area contributed by atoms with E-state index < -0.39 is 0 Å². The first-order valence-electron chi connectivity index (χ1n) is 6.86. The second kappa shape index (κ2) is 6.25. The van der Waals surface area contributed by atoms with Crippen LogP contribution < -0.4 is 5.32 Å². The molecular formula is C14H24N4. The molecule has 1 N–H and O–H groups in total. The van der Waals surface area contributed by atoms with Crippen molar-refractivity contribution in [3.05, 3.63) is 23.3 Å². The lowest BCUT2D eigenvalue weighted by molar-refractivity contribution is 0.248. The first-order chi connectivity index (χ1) is 8.69. The summed E-state index contributed by atoms with van der Waals surface area (Å²) in [6.45, 7) is 5.35. The van der Waals surface area contributed by atoms with Gasteiger partial charge in [-0.1, -0.05) is 0 Å². The summed E-state index contributed by atoms with van der Waals surface area (Å²) in [4.78, 5) is 11.7. The van der Waals surface area contributed by atoms with Gasteiger partial charge in [-0.3, -0.25) is 0 Å². The third-order valence-electron chi connectivity index (χ3n) is 3.56. The summed E-state index contributed by atoms with van der Waals surface area (Å²) in [5.41, 5.74) is 2.33. The molecule has 1 aliphatic heterocycles. The van der Waals surface area contributed by atoms with E-state index >= 15 is 0 Å². The number of nitrogens with zero attached hydrogens (tertiary/aromatic N) is 3. The number of likely N-dealkylation sites (N-methyl/N-ethyl adjacent to an activating group) is 2. The molecule has 1 atom stereocenters. The first-order valence-corrected chi connectivity index (χ1v) is 6.86. The van der Waals surface area contributed by atoms with Crippen LogP contribution in [0.5, 0.6) is 0 Å². The van der Waals surface area contributed by atoms with E-state index in [1.807, 2.05) is 7.05 Å². The standard InChI is InChI=1S/C14H24N4/c1-11-9-13(12-5-4-8-18(3)10-12)17-14(16-11)6-7-15-2/h9,12,15H,4-8,10H2,1-3H3. The second-order valence-corrected chi connectivity index (χ2v) is 5.31. The Morgan fingerprint density at radius 1 is 1.44 bits per heavy atom. The molecule has 4 nitrogen and oxygen atoms in total. The molecule has 1 fully saturated rings. The van der Waals surface area contributed by atoms with Gasteiger partial charge in [0.1, 0.15) is 5.82 Å². The average molecular weight is 248 g/mol. The molecule has 18 heavy (non-hydrogen) atoms. The van der Waals surface area contributed by atoms with Crippen LogP contribution in [0, 0.1) is 6.92 Å². The third kappa shape index (κ3) is 3.50. The number of hydrogen-bond donors (Lipinski definition) is 1. The maximum Gasteiger partial charge on any atom is 0.130 e. The molecule has 2 rings (SSSR count). The summed E-state index contributed by atoms with van der Waals surface area (Å²) in [5.74, 6) is 1.56. The molecule has 0 saturated carbocycles. The fourth-order valence-electron chi connectivity index (χ4n) is 2.62. The Bertz CT molecular complexity index is 391. The minimum absolute atomic E-state index is 0.582. The molecule has 1 aromatic rings. The Labute approximate surface area is 110 Å². The van der Waals surface area contributed by atoms with Crippen molar-refractivity contribution in [2.75, 3.05) is 33.7 Å². The fraction of sp³-hybridized carbons (Fsp3) is 0.714.